The highest BCUT2D eigenvalue weighted by molar-refractivity contribution is 6.31. The van der Waals surface area contributed by atoms with E-state index in [2.05, 4.69) is 10.2 Å². The van der Waals surface area contributed by atoms with Crippen molar-refractivity contribution >= 4 is 23.2 Å². The summed E-state index contributed by atoms with van der Waals surface area (Å²) in [7, 11) is 0. The van der Waals surface area contributed by atoms with E-state index in [-0.39, 0.29) is 28.0 Å². The Bertz CT molecular complexity index is 1300. The first-order valence-electron chi connectivity index (χ1n) is 13.6. The summed E-state index contributed by atoms with van der Waals surface area (Å²) in [6.45, 7) is 1.94. The zero-order valence-corrected chi connectivity index (χ0v) is 22.4. The Hall–Kier alpha value is -3.03. The SMILES string of the molecule is O=C1NCN(c2ccc(F)c(Cl)c2)C12CCN(C1CCC(c3ccc(F)cc3)(c3ccc(F)cc3)CC1)CC2. The molecule has 0 unspecified atom stereocenters. The van der Waals surface area contributed by atoms with Gasteiger partial charge in [-0.15, -0.1) is 0 Å². The van der Waals surface area contributed by atoms with Gasteiger partial charge in [-0.25, -0.2) is 13.2 Å². The van der Waals surface area contributed by atoms with Crippen molar-refractivity contribution in [2.45, 2.75) is 55.5 Å². The van der Waals surface area contributed by atoms with Crippen molar-refractivity contribution in [3.8, 4) is 0 Å². The van der Waals surface area contributed by atoms with E-state index >= 15 is 0 Å². The van der Waals surface area contributed by atoms with Crippen molar-refractivity contribution in [2.75, 3.05) is 24.7 Å². The number of carbonyl (C=O) groups excluding carboxylic acids is 1. The van der Waals surface area contributed by atoms with Crippen molar-refractivity contribution < 1.29 is 18.0 Å². The number of likely N-dealkylation sites (tertiary alicyclic amines) is 1. The molecule has 39 heavy (non-hydrogen) atoms. The predicted octanol–water partition coefficient (Wildman–Crippen LogP) is 6.41. The molecule has 2 aliphatic heterocycles. The highest BCUT2D eigenvalue weighted by Crippen LogP contribution is 2.47. The van der Waals surface area contributed by atoms with Gasteiger partial charge in [-0.2, -0.15) is 0 Å². The average molecular weight is 554 g/mol. The van der Waals surface area contributed by atoms with Crippen LogP contribution in [0.2, 0.25) is 5.02 Å². The number of nitrogens with one attached hydrogen (secondary N) is 1. The Morgan fingerprint density at radius 1 is 0.795 bits per heavy atom. The molecule has 0 aromatic heterocycles. The molecule has 8 heteroatoms. The van der Waals surface area contributed by atoms with Crippen LogP contribution < -0.4 is 10.2 Å². The molecule has 3 aromatic rings. The van der Waals surface area contributed by atoms with Gasteiger partial charge < -0.3 is 15.1 Å². The lowest BCUT2D eigenvalue weighted by Gasteiger charge is -2.49. The van der Waals surface area contributed by atoms with E-state index in [1.54, 1.807) is 12.1 Å². The molecule has 0 atom stereocenters. The van der Waals surface area contributed by atoms with Crippen molar-refractivity contribution in [1.82, 2.24) is 10.2 Å². The van der Waals surface area contributed by atoms with Crippen LogP contribution in [0.25, 0.3) is 0 Å². The number of piperidine rings is 1. The molecular formula is C31H31ClF3N3O. The molecule has 1 saturated carbocycles. The third kappa shape index (κ3) is 4.59. The first kappa shape index (κ1) is 26.2. The van der Waals surface area contributed by atoms with Gasteiger partial charge in [0.2, 0.25) is 5.91 Å². The second kappa shape index (κ2) is 10.2. The van der Waals surface area contributed by atoms with Crippen LogP contribution in [0, 0.1) is 17.5 Å². The fourth-order valence-electron chi connectivity index (χ4n) is 7.08. The minimum atomic E-state index is -0.668. The number of hydrogen-bond acceptors (Lipinski definition) is 3. The molecule has 1 spiro atoms. The van der Waals surface area contributed by atoms with E-state index in [1.165, 1.54) is 30.3 Å². The van der Waals surface area contributed by atoms with Crippen LogP contribution in [-0.2, 0) is 10.2 Å². The molecular weight excluding hydrogens is 523 g/mol. The number of hydrogen-bond donors (Lipinski definition) is 1. The van der Waals surface area contributed by atoms with Gasteiger partial charge in [0, 0.05) is 30.2 Å². The van der Waals surface area contributed by atoms with E-state index in [1.807, 2.05) is 29.2 Å². The van der Waals surface area contributed by atoms with Crippen molar-refractivity contribution in [3.05, 3.63) is 100 Å². The molecule has 204 valence electrons. The average Bonchev–Trinajstić information content (AvgIpc) is 3.26. The van der Waals surface area contributed by atoms with Gasteiger partial charge in [0.15, 0.2) is 0 Å². The predicted molar refractivity (Wildman–Crippen MR) is 146 cm³/mol. The van der Waals surface area contributed by atoms with Crippen LogP contribution >= 0.6 is 11.6 Å². The fraction of sp³-hybridized carbons (Fsp3) is 0.387. The highest BCUT2D eigenvalue weighted by Gasteiger charge is 2.51. The van der Waals surface area contributed by atoms with Crippen LogP contribution in [0.4, 0.5) is 18.9 Å². The number of carbonyl (C=O) groups is 1. The Kier molecular flexibility index (Phi) is 6.84. The van der Waals surface area contributed by atoms with Crippen LogP contribution in [0.5, 0.6) is 0 Å². The summed E-state index contributed by atoms with van der Waals surface area (Å²) in [5.41, 5.74) is 1.90. The summed E-state index contributed by atoms with van der Waals surface area (Å²) in [6.07, 6.45) is 4.99. The van der Waals surface area contributed by atoms with E-state index in [4.69, 9.17) is 11.6 Å². The largest absolute Gasteiger partial charge is 0.339 e. The number of rotatable bonds is 4. The summed E-state index contributed by atoms with van der Waals surface area (Å²) < 4.78 is 41.3. The smallest absolute Gasteiger partial charge is 0.247 e. The summed E-state index contributed by atoms with van der Waals surface area (Å²) in [6, 6.07) is 18.4. The number of halogens is 4. The molecule has 1 N–H and O–H groups in total. The minimum absolute atomic E-state index is 0.0119. The maximum atomic E-state index is 13.8. The van der Waals surface area contributed by atoms with Crippen LogP contribution in [0.1, 0.15) is 49.7 Å². The standard InChI is InChI=1S/C31H31ClF3N3O/c32-27-19-26(9-10-28(27)35)38-20-36-29(39)31(38)15-17-37(18-16-31)25-11-13-30(14-12-25,21-1-5-23(33)6-2-21)22-3-7-24(34)8-4-22/h1-10,19,25H,11-18,20H2,(H,36,39). The Balaban J connectivity index is 1.18. The lowest BCUT2D eigenvalue weighted by Crippen LogP contribution is -2.58. The molecule has 2 saturated heterocycles. The molecule has 4 nitrogen and oxygen atoms in total. The van der Waals surface area contributed by atoms with E-state index < -0.39 is 11.4 Å². The summed E-state index contributed by atoms with van der Waals surface area (Å²) in [4.78, 5) is 17.6. The number of amides is 1. The first-order valence-corrected chi connectivity index (χ1v) is 14.0. The van der Waals surface area contributed by atoms with Gasteiger partial charge >= 0.3 is 0 Å². The topological polar surface area (TPSA) is 35.6 Å². The highest BCUT2D eigenvalue weighted by atomic mass is 35.5. The maximum Gasteiger partial charge on any atom is 0.247 e. The molecule has 3 aliphatic rings. The van der Waals surface area contributed by atoms with E-state index in [0.717, 1.165) is 55.6 Å². The van der Waals surface area contributed by atoms with Crippen LogP contribution in [-0.4, -0.2) is 42.1 Å². The van der Waals surface area contributed by atoms with Gasteiger partial charge in [0.05, 0.1) is 11.7 Å². The molecule has 0 bridgehead atoms. The van der Waals surface area contributed by atoms with Gasteiger partial charge in [-0.1, -0.05) is 35.9 Å². The zero-order valence-electron chi connectivity index (χ0n) is 21.6. The third-order valence-electron chi connectivity index (χ3n) is 9.30. The molecule has 3 aromatic carbocycles. The Labute approximate surface area is 231 Å². The molecule has 6 rings (SSSR count). The monoisotopic (exact) mass is 553 g/mol. The molecule has 1 aliphatic carbocycles. The van der Waals surface area contributed by atoms with Crippen molar-refractivity contribution in [3.63, 3.8) is 0 Å². The van der Waals surface area contributed by atoms with E-state index in [9.17, 15) is 18.0 Å². The summed E-state index contributed by atoms with van der Waals surface area (Å²) in [5.74, 6) is -0.996. The normalized spacial score (nSPS) is 21.3. The van der Waals surface area contributed by atoms with Crippen molar-refractivity contribution in [2.24, 2.45) is 0 Å². The minimum Gasteiger partial charge on any atom is -0.339 e. The third-order valence-corrected chi connectivity index (χ3v) is 9.59. The van der Waals surface area contributed by atoms with E-state index in [0.29, 0.717) is 25.6 Å². The first-order chi connectivity index (χ1) is 18.8. The van der Waals surface area contributed by atoms with Crippen LogP contribution in [0.15, 0.2) is 66.7 Å². The summed E-state index contributed by atoms with van der Waals surface area (Å²) in [5, 5.41) is 3.04. The molecule has 2 heterocycles. The van der Waals surface area contributed by atoms with Gasteiger partial charge in [0.1, 0.15) is 23.0 Å². The maximum absolute atomic E-state index is 13.8. The lowest BCUT2D eigenvalue weighted by molar-refractivity contribution is -0.125. The summed E-state index contributed by atoms with van der Waals surface area (Å²) >= 11 is 6.06. The fourth-order valence-corrected chi connectivity index (χ4v) is 7.25. The van der Waals surface area contributed by atoms with Gasteiger partial charge in [-0.05, 0) is 92.1 Å². The number of benzene rings is 3. The Morgan fingerprint density at radius 3 is 1.90 bits per heavy atom. The quantitative estimate of drug-likeness (QED) is 0.405. The van der Waals surface area contributed by atoms with Crippen molar-refractivity contribution in [1.29, 1.82) is 0 Å². The second-order valence-corrected chi connectivity index (χ2v) is 11.5. The number of anilines is 1. The van der Waals surface area contributed by atoms with Gasteiger partial charge in [-0.3, -0.25) is 4.79 Å². The molecule has 1 amide bonds. The zero-order chi connectivity index (χ0) is 27.2. The molecule has 0 radical (unpaired) electrons. The Morgan fingerprint density at radius 2 is 1.36 bits per heavy atom. The second-order valence-electron chi connectivity index (χ2n) is 11.1. The lowest BCUT2D eigenvalue weighted by atomic mass is 9.64. The number of nitrogens with zero attached hydrogens (tertiary/aromatic N) is 2. The van der Waals surface area contributed by atoms with Crippen LogP contribution in [0.3, 0.4) is 0 Å². The molecule has 3 fully saturated rings. The van der Waals surface area contributed by atoms with Gasteiger partial charge in [0.25, 0.3) is 0 Å².